The molecule has 2 heterocycles. The number of hydrogen-bond donors (Lipinski definition) is 2. The van der Waals surface area contributed by atoms with E-state index >= 15 is 0 Å². The number of fused-ring (bicyclic) bond motifs is 1. The number of ether oxygens (including phenoxy) is 1. The number of hydrogen-bond acceptors (Lipinski definition) is 4. The van der Waals surface area contributed by atoms with Crippen LogP contribution in [-0.2, 0) is 4.74 Å². The predicted octanol–water partition coefficient (Wildman–Crippen LogP) is 0.428. The first-order valence-corrected chi connectivity index (χ1v) is 4.46. The van der Waals surface area contributed by atoms with Crippen molar-refractivity contribution in [3.8, 4) is 0 Å². The molecular formula is C9H9N3O3. The second-order valence-corrected chi connectivity index (χ2v) is 2.88. The molecule has 0 aliphatic carbocycles. The van der Waals surface area contributed by atoms with E-state index in [1.807, 2.05) is 0 Å². The third kappa shape index (κ3) is 1.50. The number of rotatable bonds is 2. The molecule has 6 heteroatoms. The second kappa shape index (κ2) is 3.56. The fourth-order valence-electron chi connectivity index (χ4n) is 1.34. The van der Waals surface area contributed by atoms with E-state index in [0.717, 1.165) is 0 Å². The Labute approximate surface area is 84.3 Å². The number of nitrogens with zero attached hydrogens (tertiary/aromatic N) is 1. The van der Waals surface area contributed by atoms with Crippen LogP contribution in [0.25, 0.3) is 11.0 Å². The number of pyridine rings is 1. The van der Waals surface area contributed by atoms with Crippen LogP contribution in [-0.4, -0.2) is 27.8 Å². The summed E-state index contributed by atoms with van der Waals surface area (Å²) in [6.07, 6.45) is 1.44. The van der Waals surface area contributed by atoms with Crippen LogP contribution in [0.5, 0.6) is 0 Å². The summed E-state index contributed by atoms with van der Waals surface area (Å²) in [4.78, 5) is 26.8. The van der Waals surface area contributed by atoms with E-state index in [-0.39, 0.29) is 23.1 Å². The zero-order valence-electron chi connectivity index (χ0n) is 8.03. The van der Waals surface area contributed by atoms with Crippen molar-refractivity contribution in [3.63, 3.8) is 0 Å². The fraction of sp³-hybridized carbons (Fsp3) is 0.222. The molecule has 0 radical (unpaired) electrons. The fourth-order valence-corrected chi connectivity index (χ4v) is 1.34. The summed E-state index contributed by atoms with van der Waals surface area (Å²) in [7, 11) is 0. The first kappa shape index (κ1) is 9.45. The molecule has 2 aromatic heterocycles. The Bertz CT molecular complexity index is 555. The van der Waals surface area contributed by atoms with E-state index in [4.69, 9.17) is 4.74 Å². The molecule has 15 heavy (non-hydrogen) atoms. The van der Waals surface area contributed by atoms with Gasteiger partial charge in [-0.3, -0.25) is 15.0 Å². The maximum absolute atomic E-state index is 11.5. The maximum Gasteiger partial charge on any atom is 0.339 e. The van der Waals surface area contributed by atoms with Gasteiger partial charge < -0.3 is 4.74 Å². The molecule has 0 saturated heterocycles. The summed E-state index contributed by atoms with van der Waals surface area (Å²) in [5.41, 5.74) is 0.205. The molecule has 0 spiro atoms. The Balaban J connectivity index is 2.64. The van der Waals surface area contributed by atoms with E-state index in [1.54, 1.807) is 6.92 Å². The summed E-state index contributed by atoms with van der Waals surface area (Å²) in [5.74, 6) is -0.519. The van der Waals surface area contributed by atoms with Crippen LogP contribution in [0.1, 0.15) is 17.3 Å². The number of nitrogens with one attached hydrogen (secondary N) is 2. The lowest BCUT2D eigenvalue weighted by Gasteiger charge is -2.00. The highest BCUT2D eigenvalue weighted by Crippen LogP contribution is 2.10. The summed E-state index contributed by atoms with van der Waals surface area (Å²) >= 11 is 0. The van der Waals surface area contributed by atoms with Crippen molar-refractivity contribution in [2.75, 3.05) is 6.61 Å². The minimum atomic E-state index is -0.519. The largest absolute Gasteiger partial charge is 0.462 e. The predicted molar refractivity (Wildman–Crippen MR) is 52.7 cm³/mol. The number of aromatic nitrogens is 3. The van der Waals surface area contributed by atoms with E-state index in [9.17, 15) is 9.59 Å². The van der Waals surface area contributed by atoms with E-state index in [0.29, 0.717) is 5.65 Å². The molecule has 6 nitrogen and oxygen atoms in total. The van der Waals surface area contributed by atoms with Gasteiger partial charge in [-0.2, -0.15) is 0 Å². The van der Waals surface area contributed by atoms with Crippen molar-refractivity contribution < 1.29 is 9.53 Å². The summed E-state index contributed by atoms with van der Waals surface area (Å²) in [6, 6.07) is 1.46. The van der Waals surface area contributed by atoms with Gasteiger partial charge in [0.05, 0.1) is 17.6 Å². The molecule has 78 valence electrons. The number of esters is 1. The second-order valence-electron chi connectivity index (χ2n) is 2.88. The van der Waals surface area contributed by atoms with Crippen molar-refractivity contribution in [2.24, 2.45) is 0 Å². The van der Waals surface area contributed by atoms with Crippen LogP contribution in [0.15, 0.2) is 17.1 Å². The highest BCUT2D eigenvalue weighted by molar-refractivity contribution is 6.02. The Morgan fingerprint density at radius 2 is 2.33 bits per heavy atom. The smallest absolute Gasteiger partial charge is 0.339 e. The molecular weight excluding hydrogens is 198 g/mol. The van der Waals surface area contributed by atoms with Gasteiger partial charge in [0, 0.05) is 6.20 Å². The molecule has 0 aliphatic heterocycles. The molecule has 0 atom stereocenters. The summed E-state index contributed by atoms with van der Waals surface area (Å²) in [5, 5.41) is 5.16. The third-order valence-corrected chi connectivity index (χ3v) is 1.97. The van der Waals surface area contributed by atoms with Crippen molar-refractivity contribution in [1.82, 2.24) is 15.2 Å². The van der Waals surface area contributed by atoms with Crippen molar-refractivity contribution >= 4 is 17.0 Å². The standard InChI is InChI=1S/C9H9N3O3/c1-2-15-9(14)5-3-4-10-7-6(5)8(13)12-11-7/h3-4H,2H2,1H3,(H2,10,11,12,13). The molecule has 0 saturated carbocycles. The molecule has 0 bridgehead atoms. The van der Waals surface area contributed by atoms with Gasteiger partial charge in [0.2, 0.25) is 0 Å². The minimum Gasteiger partial charge on any atom is -0.462 e. The lowest BCUT2D eigenvalue weighted by molar-refractivity contribution is 0.0528. The van der Waals surface area contributed by atoms with Crippen LogP contribution in [0.2, 0.25) is 0 Å². The van der Waals surface area contributed by atoms with E-state index < -0.39 is 5.97 Å². The molecule has 2 N–H and O–H groups in total. The average Bonchev–Trinajstić information content (AvgIpc) is 2.61. The minimum absolute atomic E-state index is 0.226. The highest BCUT2D eigenvalue weighted by atomic mass is 16.5. The van der Waals surface area contributed by atoms with Crippen LogP contribution in [0.4, 0.5) is 0 Å². The Morgan fingerprint density at radius 3 is 3.07 bits per heavy atom. The summed E-state index contributed by atoms with van der Waals surface area (Å²) in [6.45, 7) is 1.97. The number of aromatic amines is 2. The zero-order chi connectivity index (χ0) is 10.8. The Hall–Kier alpha value is -2.11. The van der Waals surface area contributed by atoms with E-state index in [2.05, 4.69) is 15.2 Å². The van der Waals surface area contributed by atoms with Gasteiger partial charge in [0.1, 0.15) is 0 Å². The molecule has 0 fully saturated rings. The monoisotopic (exact) mass is 207 g/mol. The first-order valence-electron chi connectivity index (χ1n) is 4.46. The summed E-state index contributed by atoms with van der Waals surface area (Å²) < 4.78 is 4.83. The Kier molecular flexibility index (Phi) is 2.24. The van der Waals surface area contributed by atoms with E-state index in [1.165, 1.54) is 12.3 Å². The van der Waals surface area contributed by atoms with Crippen LogP contribution in [0, 0.1) is 0 Å². The molecule has 2 rings (SSSR count). The SMILES string of the molecule is CCOC(=O)c1ccnc2[nH][nH]c(=O)c12. The van der Waals surface area contributed by atoms with Gasteiger partial charge in [-0.25, -0.2) is 9.78 Å². The first-order chi connectivity index (χ1) is 7.24. The normalized spacial score (nSPS) is 10.5. The highest BCUT2D eigenvalue weighted by Gasteiger charge is 2.15. The van der Waals surface area contributed by atoms with Gasteiger partial charge in [-0.1, -0.05) is 0 Å². The van der Waals surface area contributed by atoms with Gasteiger partial charge in [0.15, 0.2) is 5.65 Å². The molecule has 0 amide bonds. The lowest BCUT2D eigenvalue weighted by atomic mass is 10.2. The van der Waals surface area contributed by atoms with Crippen LogP contribution >= 0.6 is 0 Å². The number of carbonyl (C=O) groups excluding carboxylic acids is 1. The van der Waals surface area contributed by atoms with Gasteiger partial charge in [-0.05, 0) is 13.0 Å². The topological polar surface area (TPSA) is 87.8 Å². The van der Waals surface area contributed by atoms with Gasteiger partial charge in [-0.15, -0.1) is 0 Å². The lowest BCUT2D eigenvalue weighted by Crippen LogP contribution is -2.09. The molecule has 0 aliphatic rings. The Morgan fingerprint density at radius 1 is 1.53 bits per heavy atom. The zero-order valence-corrected chi connectivity index (χ0v) is 8.03. The quantitative estimate of drug-likeness (QED) is 0.699. The molecule has 2 aromatic rings. The third-order valence-electron chi connectivity index (χ3n) is 1.97. The molecule has 0 unspecified atom stereocenters. The van der Waals surface area contributed by atoms with Gasteiger partial charge >= 0.3 is 5.97 Å². The van der Waals surface area contributed by atoms with Crippen molar-refractivity contribution in [1.29, 1.82) is 0 Å². The van der Waals surface area contributed by atoms with Crippen molar-refractivity contribution in [2.45, 2.75) is 6.92 Å². The van der Waals surface area contributed by atoms with Crippen LogP contribution < -0.4 is 5.56 Å². The van der Waals surface area contributed by atoms with Crippen molar-refractivity contribution in [3.05, 3.63) is 28.2 Å². The number of H-pyrrole nitrogens is 2. The maximum atomic E-state index is 11.5. The number of carbonyl (C=O) groups is 1. The van der Waals surface area contributed by atoms with Crippen LogP contribution in [0.3, 0.4) is 0 Å². The van der Waals surface area contributed by atoms with Gasteiger partial charge in [0.25, 0.3) is 5.56 Å². The average molecular weight is 207 g/mol. The molecule has 0 aromatic carbocycles.